The summed E-state index contributed by atoms with van der Waals surface area (Å²) in [4.78, 5) is 9.00. The zero-order chi connectivity index (χ0) is 3.58. The first-order chi connectivity index (χ1) is 1.73. The van der Waals surface area contributed by atoms with Crippen LogP contribution in [-0.2, 0) is 22.4 Å². The fraction of sp³-hybridized carbons (Fsp3) is 0. The van der Waals surface area contributed by atoms with E-state index in [9.17, 15) is 0 Å². The van der Waals surface area contributed by atoms with E-state index < -0.39 is 6.03 Å². The molecule has 2 amide bonds. The zero-order valence-electron chi connectivity index (χ0n) is 2.36. The number of hydrogen-bond acceptors (Lipinski definition) is 1. The minimum Gasteiger partial charge on any atom is -0.352 e. The van der Waals surface area contributed by atoms with Crippen LogP contribution in [0.4, 0.5) is 4.79 Å². The molecule has 0 aromatic heterocycles. The molecule has 0 aromatic rings. The van der Waals surface area contributed by atoms with Gasteiger partial charge in [-0.15, -0.1) is 0 Å². The van der Waals surface area contributed by atoms with Crippen molar-refractivity contribution in [2.75, 3.05) is 0 Å². The van der Waals surface area contributed by atoms with Crippen LogP contribution in [0.3, 0.4) is 0 Å². The van der Waals surface area contributed by atoms with E-state index >= 15 is 0 Å². The first-order valence-electron chi connectivity index (χ1n) is 0.781. The average Bonchev–Trinajstić information content (AvgIpc) is 0.811. The number of amides is 2. The summed E-state index contributed by atoms with van der Waals surface area (Å²) in [6.45, 7) is 0. The molecule has 4 N–H and O–H groups in total. The van der Waals surface area contributed by atoms with Crippen molar-refractivity contribution in [2.24, 2.45) is 11.5 Å². The standard InChI is InChI=1S/CH4N2O.Au/c2-1(3)4;/h(H4,2,3,4);. The summed E-state index contributed by atoms with van der Waals surface area (Å²) in [5.41, 5.74) is 8.50. The number of carbonyl (C=O) groups excluding carboxylic acids is 1. The van der Waals surface area contributed by atoms with E-state index in [-0.39, 0.29) is 22.4 Å². The molecular formula is CH4AuN2O. The fourth-order valence-electron chi connectivity index (χ4n) is 0. The second kappa shape index (κ2) is 4.01. The van der Waals surface area contributed by atoms with Gasteiger partial charge in [0.05, 0.1) is 0 Å². The maximum Gasteiger partial charge on any atom is 0.309 e. The Bertz CT molecular complexity index is 32.6. The number of primary amides is 2. The molecule has 5 heavy (non-hydrogen) atoms. The molecular weight excluding hydrogens is 253 g/mol. The molecule has 0 spiro atoms. The molecule has 0 aromatic carbocycles. The Labute approximate surface area is 45.2 Å². The second-order valence-corrected chi connectivity index (χ2v) is 0.402. The van der Waals surface area contributed by atoms with Crippen LogP contribution < -0.4 is 11.5 Å². The molecule has 0 aliphatic rings. The summed E-state index contributed by atoms with van der Waals surface area (Å²) < 4.78 is 0. The molecule has 0 heterocycles. The quantitative estimate of drug-likeness (QED) is 0.538. The van der Waals surface area contributed by atoms with Crippen LogP contribution in [0.1, 0.15) is 0 Å². The zero-order valence-corrected chi connectivity index (χ0v) is 4.53. The third-order valence-electron chi connectivity index (χ3n) is 0. The molecule has 1 radical (unpaired) electrons. The van der Waals surface area contributed by atoms with Gasteiger partial charge in [-0.05, 0) is 0 Å². The smallest absolute Gasteiger partial charge is 0.309 e. The summed E-state index contributed by atoms with van der Waals surface area (Å²) >= 11 is 0. The summed E-state index contributed by atoms with van der Waals surface area (Å²) in [5.74, 6) is 0. The fourth-order valence-corrected chi connectivity index (χ4v) is 0. The minimum absolute atomic E-state index is 0. The molecule has 0 aliphatic carbocycles. The van der Waals surface area contributed by atoms with Crippen molar-refractivity contribution in [2.45, 2.75) is 0 Å². The normalized spacial score (nSPS) is 4.80. The van der Waals surface area contributed by atoms with E-state index in [0.717, 1.165) is 0 Å². The van der Waals surface area contributed by atoms with E-state index in [2.05, 4.69) is 11.5 Å². The first kappa shape index (κ1) is 8.89. The van der Waals surface area contributed by atoms with Crippen LogP contribution in [0, 0.1) is 0 Å². The van der Waals surface area contributed by atoms with Gasteiger partial charge in [-0.3, -0.25) is 0 Å². The molecule has 0 fully saturated rings. The van der Waals surface area contributed by atoms with Crippen molar-refractivity contribution < 1.29 is 27.2 Å². The summed E-state index contributed by atoms with van der Waals surface area (Å²) in [5, 5.41) is 0. The van der Waals surface area contributed by atoms with E-state index in [1.54, 1.807) is 0 Å². The SMILES string of the molecule is NC(N)=O.[Au]. The Morgan fingerprint density at radius 1 is 1.40 bits per heavy atom. The van der Waals surface area contributed by atoms with Gasteiger partial charge in [0.15, 0.2) is 0 Å². The van der Waals surface area contributed by atoms with Gasteiger partial charge in [0.25, 0.3) is 0 Å². The van der Waals surface area contributed by atoms with Crippen LogP contribution in [0.2, 0.25) is 0 Å². The number of rotatable bonds is 0. The first-order valence-corrected chi connectivity index (χ1v) is 0.781. The Morgan fingerprint density at radius 2 is 1.40 bits per heavy atom. The molecule has 0 rings (SSSR count). The Balaban J connectivity index is 0. The average molecular weight is 257 g/mol. The van der Waals surface area contributed by atoms with Crippen LogP contribution in [0.25, 0.3) is 0 Å². The molecule has 0 unspecified atom stereocenters. The van der Waals surface area contributed by atoms with Crippen LogP contribution in [0.15, 0.2) is 0 Å². The topological polar surface area (TPSA) is 69.1 Å². The summed E-state index contributed by atoms with van der Waals surface area (Å²) in [6, 6.07) is -0.833. The molecule has 0 saturated heterocycles. The maximum atomic E-state index is 9.00. The largest absolute Gasteiger partial charge is 0.352 e. The Morgan fingerprint density at radius 3 is 1.40 bits per heavy atom. The van der Waals surface area contributed by atoms with Crippen molar-refractivity contribution in [3.8, 4) is 0 Å². The van der Waals surface area contributed by atoms with Gasteiger partial charge in [0.2, 0.25) is 0 Å². The Hall–Kier alpha value is 0.0103. The minimum atomic E-state index is -0.833. The van der Waals surface area contributed by atoms with E-state index in [4.69, 9.17) is 4.79 Å². The predicted octanol–water partition coefficient (Wildman–Crippen LogP) is -0.979. The second-order valence-electron chi connectivity index (χ2n) is 0.402. The van der Waals surface area contributed by atoms with Crippen molar-refractivity contribution in [3.63, 3.8) is 0 Å². The summed E-state index contributed by atoms with van der Waals surface area (Å²) in [6.07, 6.45) is 0. The van der Waals surface area contributed by atoms with E-state index in [0.29, 0.717) is 0 Å². The number of nitrogens with two attached hydrogens (primary N) is 2. The van der Waals surface area contributed by atoms with Crippen molar-refractivity contribution in [3.05, 3.63) is 0 Å². The molecule has 4 heteroatoms. The van der Waals surface area contributed by atoms with Gasteiger partial charge in [0, 0.05) is 22.4 Å². The Kier molecular flexibility index (Phi) is 7.13. The molecule has 3 nitrogen and oxygen atoms in total. The van der Waals surface area contributed by atoms with Gasteiger partial charge in [0.1, 0.15) is 0 Å². The molecule has 0 saturated carbocycles. The van der Waals surface area contributed by atoms with E-state index in [1.807, 2.05) is 0 Å². The molecule has 0 bridgehead atoms. The monoisotopic (exact) mass is 257 g/mol. The number of urea groups is 1. The van der Waals surface area contributed by atoms with Crippen molar-refractivity contribution in [1.29, 1.82) is 0 Å². The third-order valence-corrected chi connectivity index (χ3v) is 0. The molecule has 35 valence electrons. The van der Waals surface area contributed by atoms with Gasteiger partial charge >= 0.3 is 6.03 Å². The predicted molar refractivity (Wildman–Crippen MR) is 13.8 cm³/mol. The van der Waals surface area contributed by atoms with Crippen LogP contribution >= 0.6 is 0 Å². The van der Waals surface area contributed by atoms with Gasteiger partial charge in [-0.25, -0.2) is 4.79 Å². The van der Waals surface area contributed by atoms with Crippen molar-refractivity contribution in [1.82, 2.24) is 0 Å². The van der Waals surface area contributed by atoms with E-state index in [1.165, 1.54) is 0 Å². The number of hydrogen-bond donors (Lipinski definition) is 2. The van der Waals surface area contributed by atoms with Crippen LogP contribution in [-0.4, -0.2) is 6.03 Å². The van der Waals surface area contributed by atoms with Gasteiger partial charge in [-0.1, -0.05) is 0 Å². The van der Waals surface area contributed by atoms with Gasteiger partial charge < -0.3 is 11.5 Å². The maximum absolute atomic E-state index is 9.00. The number of carbonyl (C=O) groups is 1. The molecule has 0 atom stereocenters. The molecule has 0 aliphatic heterocycles. The van der Waals surface area contributed by atoms with Crippen LogP contribution in [0.5, 0.6) is 0 Å². The van der Waals surface area contributed by atoms with Gasteiger partial charge in [-0.2, -0.15) is 0 Å². The third kappa shape index (κ3) is 154000. The summed E-state index contributed by atoms with van der Waals surface area (Å²) in [7, 11) is 0. The van der Waals surface area contributed by atoms with Crippen molar-refractivity contribution >= 4 is 6.03 Å².